The molecule has 0 saturated carbocycles. The van der Waals surface area contributed by atoms with Crippen molar-refractivity contribution in [3.8, 4) is 17.6 Å². The highest BCUT2D eigenvalue weighted by atomic mass is 35.5. The molecule has 0 fully saturated rings. The number of ether oxygens (including phenoxy) is 1. The fourth-order valence-corrected chi connectivity index (χ4v) is 1.58. The summed E-state index contributed by atoms with van der Waals surface area (Å²) in [5.41, 5.74) is 0.966. The van der Waals surface area contributed by atoms with E-state index in [4.69, 9.17) is 21.6 Å². The highest BCUT2D eigenvalue weighted by Gasteiger charge is 2.05. The summed E-state index contributed by atoms with van der Waals surface area (Å²) >= 11 is 5.85. The van der Waals surface area contributed by atoms with Crippen LogP contribution >= 0.6 is 11.6 Å². The lowest BCUT2D eigenvalue weighted by molar-refractivity contribution is 0.112. The maximum atomic E-state index is 10.9. The van der Waals surface area contributed by atoms with Crippen LogP contribution in [0.3, 0.4) is 0 Å². The second-order valence-electron chi connectivity index (χ2n) is 3.54. The molecule has 0 unspecified atom stereocenters. The molecule has 0 aliphatic rings. The van der Waals surface area contributed by atoms with Gasteiger partial charge in [0.2, 0.25) is 0 Å². The third-order valence-electron chi connectivity index (χ3n) is 2.31. The highest BCUT2D eigenvalue weighted by Crippen LogP contribution is 2.27. The van der Waals surface area contributed by atoms with Gasteiger partial charge in [0.15, 0.2) is 6.29 Å². The minimum Gasteiger partial charge on any atom is -0.457 e. The highest BCUT2D eigenvalue weighted by molar-refractivity contribution is 6.30. The number of nitrogens with zero attached hydrogens (tertiary/aromatic N) is 1. The lowest BCUT2D eigenvalue weighted by atomic mass is 10.2. The molecule has 88 valence electrons. The van der Waals surface area contributed by atoms with Gasteiger partial charge in [-0.2, -0.15) is 5.26 Å². The summed E-state index contributed by atoms with van der Waals surface area (Å²) in [6.07, 6.45) is 0.704. The molecular weight excluding hydrogens is 250 g/mol. The summed E-state index contributed by atoms with van der Waals surface area (Å²) in [5, 5.41) is 9.17. The SMILES string of the molecule is N#Cc1ccc(Oc2cc(Cl)ccc2C=O)cc1. The topological polar surface area (TPSA) is 50.1 Å². The zero-order chi connectivity index (χ0) is 13.0. The molecule has 2 aromatic rings. The van der Waals surface area contributed by atoms with Crippen molar-refractivity contribution < 1.29 is 9.53 Å². The molecule has 4 heteroatoms. The molecule has 0 bridgehead atoms. The van der Waals surface area contributed by atoms with Gasteiger partial charge in [-0.1, -0.05) is 11.6 Å². The first-order valence-corrected chi connectivity index (χ1v) is 5.53. The summed E-state index contributed by atoms with van der Waals surface area (Å²) in [6.45, 7) is 0. The number of carbonyl (C=O) groups excluding carboxylic acids is 1. The van der Waals surface area contributed by atoms with Crippen LogP contribution in [0.5, 0.6) is 11.5 Å². The van der Waals surface area contributed by atoms with Gasteiger partial charge in [0, 0.05) is 11.1 Å². The molecule has 0 aromatic heterocycles. The monoisotopic (exact) mass is 257 g/mol. The number of carbonyl (C=O) groups is 1. The Morgan fingerprint density at radius 1 is 1.17 bits per heavy atom. The maximum absolute atomic E-state index is 10.9. The van der Waals surface area contributed by atoms with Crippen molar-refractivity contribution in [1.82, 2.24) is 0 Å². The van der Waals surface area contributed by atoms with E-state index in [-0.39, 0.29) is 0 Å². The maximum Gasteiger partial charge on any atom is 0.153 e. The zero-order valence-corrected chi connectivity index (χ0v) is 10.0. The number of nitriles is 1. The van der Waals surface area contributed by atoms with Crippen molar-refractivity contribution in [3.05, 3.63) is 58.6 Å². The fourth-order valence-electron chi connectivity index (χ4n) is 1.42. The Bertz CT molecular complexity index is 615. The standard InChI is InChI=1S/C14H8ClNO2/c15-12-4-3-11(9-17)14(7-12)18-13-5-1-10(8-16)2-6-13/h1-7,9H. The summed E-state index contributed by atoms with van der Waals surface area (Å²) < 4.78 is 5.56. The average molecular weight is 258 g/mol. The van der Waals surface area contributed by atoms with E-state index in [1.807, 2.05) is 6.07 Å². The van der Waals surface area contributed by atoms with Crippen molar-refractivity contribution in [2.24, 2.45) is 0 Å². The van der Waals surface area contributed by atoms with Crippen LogP contribution < -0.4 is 4.74 Å². The first-order chi connectivity index (χ1) is 8.72. The summed E-state index contributed by atoms with van der Waals surface area (Å²) in [4.78, 5) is 10.9. The molecule has 0 aliphatic carbocycles. The molecule has 2 rings (SSSR count). The Morgan fingerprint density at radius 2 is 1.89 bits per heavy atom. The van der Waals surface area contributed by atoms with E-state index in [1.165, 1.54) is 0 Å². The van der Waals surface area contributed by atoms with E-state index in [0.717, 1.165) is 0 Å². The Morgan fingerprint density at radius 3 is 2.50 bits per heavy atom. The Hall–Kier alpha value is -2.31. The molecule has 0 amide bonds. The Balaban J connectivity index is 2.30. The predicted molar refractivity (Wildman–Crippen MR) is 68.1 cm³/mol. The Kier molecular flexibility index (Phi) is 3.61. The molecular formula is C14H8ClNO2. The van der Waals surface area contributed by atoms with E-state index in [0.29, 0.717) is 33.9 Å². The van der Waals surface area contributed by atoms with Crippen LogP contribution in [0, 0.1) is 11.3 Å². The van der Waals surface area contributed by atoms with Crippen molar-refractivity contribution in [1.29, 1.82) is 5.26 Å². The lowest BCUT2D eigenvalue weighted by Crippen LogP contribution is -1.90. The van der Waals surface area contributed by atoms with Crippen LogP contribution in [0.2, 0.25) is 5.02 Å². The van der Waals surface area contributed by atoms with Crippen LogP contribution in [0.25, 0.3) is 0 Å². The fraction of sp³-hybridized carbons (Fsp3) is 0. The third-order valence-corrected chi connectivity index (χ3v) is 2.55. The third kappa shape index (κ3) is 2.68. The van der Waals surface area contributed by atoms with Crippen molar-refractivity contribution in [2.75, 3.05) is 0 Å². The first kappa shape index (κ1) is 12.2. The molecule has 0 heterocycles. The minimum absolute atomic E-state index is 0.391. The molecule has 0 aliphatic heterocycles. The second-order valence-corrected chi connectivity index (χ2v) is 3.97. The number of aldehydes is 1. The van der Waals surface area contributed by atoms with Crippen LogP contribution in [0.15, 0.2) is 42.5 Å². The molecule has 18 heavy (non-hydrogen) atoms. The minimum atomic E-state index is 0.391. The molecule has 0 saturated heterocycles. The molecule has 0 N–H and O–H groups in total. The number of benzene rings is 2. The van der Waals surface area contributed by atoms with Gasteiger partial charge < -0.3 is 4.74 Å². The van der Waals surface area contributed by atoms with E-state index in [9.17, 15) is 4.79 Å². The van der Waals surface area contributed by atoms with Gasteiger partial charge >= 0.3 is 0 Å². The lowest BCUT2D eigenvalue weighted by Gasteiger charge is -2.08. The predicted octanol–water partition coefficient (Wildman–Crippen LogP) is 3.82. The van der Waals surface area contributed by atoms with Crippen molar-refractivity contribution in [2.45, 2.75) is 0 Å². The quantitative estimate of drug-likeness (QED) is 0.786. The van der Waals surface area contributed by atoms with Gasteiger partial charge in [0.25, 0.3) is 0 Å². The summed E-state index contributed by atoms with van der Waals surface area (Å²) in [7, 11) is 0. The van der Waals surface area contributed by atoms with Gasteiger partial charge in [-0.05, 0) is 36.4 Å². The summed E-state index contributed by atoms with van der Waals surface area (Å²) in [6, 6.07) is 13.4. The van der Waals surface area contributed by atoms with E-state index < -0.39 is 0 Å². The van der Waals surface area contributed by atoms with Crippen LogP contribution in [-0.4, -0.2) is 6.29 Å². The van der Waals surface area contributed by atoms with Gasteiger partial charge in [-0.15, -0.1) is 0 Å². The molecule has 0 radical (unpaired) electrons. The van der Waals surface area contributed by atoms with E-state index >= 15 is 0 Å². The van der Waals surface area contributed by atoms with Crippen LogP contribution in [0.4, 0.5) is 0 Å². The van der Waals surface area contributed by atoms with Gasteiger partial charge in [-0.3, -0.25) is 4.79 Å². The molecule has 0 atom stereocenters. The normalized spacial score (nSPS) is 9.56. The van der Waals surface area contributed by atoms with Gasteiger partial charge in [-0.25, -0.2) is 0 Å². The van der Waals surface area contributed by atoms with Crippen molar-refractivity contribution in [3.63, 3.8) is 0 Å². The smallest absolute Gasteiger partial charge is 0.153 e. The average Bonchev–Trinajstić information content (AvgIpc) is 2.40. The number of hydrogen-bond acceptors (Lipinski definition) is 3. The zero-order valence-electron chi connectivity index (χ0n) is 9.26. The largest absolute Gasteiger partial charge is 0.457 e. The number of hydrogen-bond donors (Lipinski definition) is 0. The Labute approximate surface area is 109 Å². The number of rotatable bonds is 3. The van der Waals surface area contributed by atoms with Gasteiger partial charge in [0.1, 0.15) is 11.5 Å². The van der Waals surface area contributed by atoms with Crippen LogP contribution in [0.1, 0.15) is 15.9 Å². The van der Waals surface area contributed by atoms with Crippen molar-refractivity contribution >= 4 is 17.9 Å². The second kappa shape index (κ2) is 5.35. The van der Waals surface area contributed by atoms with E-state index in [2.05, 4.69) is 0 Å². The van der Waals surface area contributed by atoms with Gasteiger partial charge in [0.05, 0.1) is 17.2 Å². The first-order valence-electron chi connectivity index (χ1n) is 5.15. The molecule has 2 aromatic carbocycles. The summed E-state index contributed by atoms with van der Waals surface area (Å²) in [5.74, 6) is 0.932. The molecule has 3 nitrogen and oxygen atoms in total. The number of halogens is 1. The van der Waals surface area contributed by atoms with Crippen LogP contribution in [-0.2, 0) is 0 Å². The molecule has 0 spiro atoms. The van der Waals surface area contributed by atoms with E-state index in [1.54, 1.807) is 42.5 Å².